The first-order valence-electron chi connectivity index (χ1n) is 7.61. The Hall–Kier alpha value is -1.55. The molecule has 1 aliphatic heterocycles. The first-order chi connectivity index (χ1) is 9.85. The Morgan fingerprint density at radius 1 is 1.40 bits per heavy atom. The van der Waals surface area contributed by atoms with E-state index >= 15 is 0 Å². The van der Waals surface area contributed by atoms with Gasteiger partial charge in [0.15, 0.2) is 11.5 Å². The van der Waals surface area contributed by atoms with Crippen molar-refractivity contribution in [2.45, 2.75) is 45.1 Å². The molecule has 0 spiro atoms. The summed E-state index contributed by atoms with van der Waals surface area (Å²) in [5.41, 5.74) is 1.72. The van der Waals surface area contributed by atoms with Crippen molar-refractivity contribution in [3.05, 3.63) is 24.1 Å². The van der Waals surface area contributed by atoms with Gasteiger partial charge in [-0.05, 0) is 37.9 Å². The van der Waals surface area contributed by atoms with Gasteiger partial charge in [-0.25, -0.2) is 4.98 Å². The number of piperidine rings is 1. The summed E-state index contributed by atoms with van der Waals surface area (Å²) in [6.07, 6.45) is 5.79. The highest BCUT2D eigenvalue weighted by Gasteiger charge is 2.12. The van der Waals surface area contributed by atoms with Gasteiger partial charge in [0.05, 0.1) is 6.61 Å². The summed E-state index contributed by atoms with van der Waals surface area (Å²) in [5.74, 6) is 1.65. The minimum Gasteiger partial charge on any atom is -0.493 e. The number of nitrogens with zero attached hydrogens (tertiary/aromatic N) is 1. The zero-order chi connectivity index (χ0) is 13.8. The molecule has 0 bridgehead atoms. The third kappa shape index (κ3) is 3.12. The number of aryl methyl sites for hydroxylation is 1. The third-order valence-electron chi connectivity index (χ3n) is 3.85. The molecule has 1 fully saturated rings. The predicted molar refractivity (Wildman–Crippen MR) is 79.1 cm³/mol. The van der Waals surface area contributed by atoms with Crippen LogP contribution in [-0.4, -0.2) is 24.2 Å². The second kappa shape index (κ2) is 6.27. The minimum atomic E-state index is 0.615. The van der Waals surface area contributed by atoms with Gasteiger partial charge in [-0.2, -0.15) is 0 Å². The standard InChI is InChI=1S/C16H22N2O2/c1-2-16-18-14-7-6-13(11-15(14)20-16)19-10-8-12-5-3-4-9-17-12/h6-7,11-12,17H,2-5,8-10H2,1H3. The maximum Gasteiger partial charge on any atom is 0.195 e. The Kier molecular flexibility index (Phi) is 4.21. The molecule has 0 saturated carbocycles. The number of rotatable bonds is 5. The quantitative estimate of drug-likeness (QED) is 0.908. The zero-order valence-corrected chi connectivity index (χ0v) is 12.0. The van der Waals surface area contributed by atoms with Crippen molar-refractivity contribution in [2.75, 3.05) is 13.2 Å². The molecule has 0 aliphatic carbocycles. The van der Waals surface area contributed by atoms with Crippen LogP contribution >= 0.6 is 0 Å². The molecule has 1 aromatic heterocycles. The van der Waals surface area contributed by atoms with Crippen LogP contribution in [0.1, 0.15) is 38.5 Å². The van der Waals surface area contributed by atoms with E-state index in [2.05, 4.69) is 10.3 Å². The average molecular weight is 274 g/mol. The SMILES string of the molecule is CCc1nc2ccc(OCCC3CCCCN3)cc2o1. The van der Waals surface area contributed by atoms with E-state index in [1.54, 1.807) is 0 Å². The Labute approximate surface area is 119 Å². The van der Waals surface area contributed by atoms with E-state index in [0.29, 0.717) is 6.04 Å². The molecule has 1 atom stereocenters. The van der Waals surface area contributed by atoms with Crippen LogP contribution in [0.5, 0.6) is 5.75 Å². The highest BCUT2D eigenvalue weighted by molar-refractivity contribution is 5.74. The lowest BCUT2D eigenvalue weighted by atomic mass is 10.0. The van der Waals surface area contributed by atoms with Crippen LogP contribution in [0.25, 0.3) is 11.1 Å². The van der Waals surface area contributed by atoms with Crippen LogP contribution in [0.2, 0.25) is 0 Å². The molecule has 2 heterocycles. The lowest BCUT2D eigenvalue weighted by Gasteiger charge is -2.23. The van der Waals surface area contributed by atoms with Gasteiger partial charge in [0, 0.05) is 18.5 Å². The fourth-order valence-electron chi connectivity index (χ4n) is 2.68. The van der Waals surface area contributed by atoms with Gasteiger partial charge in [-0.3, -0.25) is 0 Å². The van der Waals surface area contributed by atoms with Gasteiger partial charge < -0.3 is 14.5 Å². The van der Waals surface area contributed by atoms with E-state index in [1.807, 2.05) is 25.1 Å². The fourth-order valence-corrected chi connectivity index (χ4v) is 2.68. The third-order valence-corrected chi connectivity index (χ3v) is 3.85. The van der Waals surface area contributed by atoms with Gasteiger partial charge in [0.1, 0.15) is 11.3 Å². The maximum atomic E-state index is 5.83. The van der Waals surface area contributed by atoms with Gasteiger partial charge in [0.25, 0.3) is 0 Å². The summed E-state index contributed by atoms with van der Waals surface area (Å²) < 4.78 is 11.5. The molecule has 4 nitrogen and oxygen atoms in total. The Balaban J connectivity index is 1.56. The maximum absolute atomic E-state index is 5.83. The van der Waals surface area contributed by atoms with Gasteiger partial charge in [-0.1, -0.05) is 13.3 Å². The van der Waals surface area contributed by atoms with E-state index in [-0.39, 0.29) is 0 Å². The summed E-state index contributed by atoms with van der Waals surface area (Å²) in [6.45, 7) is 3.94. The summed E-state index contributed by atoms with van der Waals surface area (Å²) in [4.78, 5) is 4.39. The molecule has 0 radical (unpaired) electrons. The lowest BCUT2D eigenvalue weighted by molar-refractivity contribution is 0.268. The summed E-state index contributed by atoms with van der Waals surface area (Å²) in [6, 6.07) is 6.49. The van der Waals surface area contributed by atoms with E-state index in [0.717, 1.165) is 48.7 Å². The van der Waals surface area contributed by atoms with Crippen LogP contribution < -0.4 is 10.1 Å². The molecule has 1 aliphatic rings. The number of ether oxygens (including phenoxy) is 1. The number of hydrogen-bond donors (Lipinski definition) is 1. The second-order valence-corrected chi connectivity index (χ2v) is 5.37. The Morgan fingerprint density at radius 2 is 2.35 bits per heavy atom. The highest BCUT2D eigenvalue weighted by Crippen LogP contribution is 2.22. The van der Waals surface area contributed by atoms with Crippen molar-refractivity contribution >= 4 is 11.1 Å². The van der Waals surface area contributed by atoms with E-state index in [1.165, 1.54) is 19.3 Å². The number of oxazole rings is 1. The van der Waals surface area contributed by atoms with Gasteiger partial charge in [-0.15, -0.1) is 0 Å². The first kappa shape index (κ1) is 13.4. The van der Waals surface area contributed by atoms with Crippen molar-refractivity contribution < 1.29 is 9.15 Å². The number of aromatic nitrogens is 1. The van der Waals surface area contributed by atoms with Crippen molar-refractivity contribution in [3.63, 3.8) is 0 Å². The molecule has 2 aromatic rings. The zero-order valence-electron chi connectivity index (χ0n) is 12.0. The van der Waals surface area contributed by atoms with E-state index < -0.39 is 0 Å². The topological polar surface area (TPSA) is 47.3 Å². The molecule has 1 aromatic carbocycles. The number of fused-ring (bicyclic) bond motifs is 1. The van der Waals surface area contributed by atoms with Crippen molar-refractivity contribution in [3.8, 4) is 5.75 Å². The van der Waals surface area contributed by atoms with E-state index in [9.17, 15) is 0 Å². The summed E-state index contributed by atoms with van der Waals surface area (Å²) >= 11 is 0. The predicted octanol–water partition coefficient (Wildman–Crippen LogP) is 3.30. The molecular weight excluding hydrogens is 252 g/mol. The molecule has 1 saturated heterocycles. The molecule has 1 unspecified atom stereocenters. The monoisotopic (exact) mass is 274 g/mol. The molecule has 0 amide bonds. The van der Waals surface area contributed by atoms with Crippen LogP contribution in [0.3, 0.4) is 0 Å². The normalized spacial score (nSPS) is 19.4. The molecule has 3 rings (SSSR count). The number of hydrogen-bond acceptors (Lipinski definition) is 4. The Bertz CT molecular complexity index is 559. The average Bonchev–Trinajstić information content (AvgIpc) is 2.91. The fraction of sp³-hybridized carbons (Fsp3) is 0.562. The first-order valence-corrected chi connectivity index (χ1v) is 7.61. The second-order valence-electron chi connectivity index (χ2n) is 5.37. The van der Waals surface area contributed by atoms with Crippen LogP contribution in [0.4, 0.5) is 0 Å². The molecular formula is C16H22N2O2. The smallest absolute Gasteiger partial charge is 0.195 e. The Morgan fingerprint density at radius 3 is 3.15 bits per heavy atom. The molecule has 1 N–H and O–H groups in total. The highest BCUT2D eigenvalue weighted by atomic mass is 16.5. The van der Waals surface area contributed by atoms with Crippen LogP contribution in [0, 0.1) is 0 Å². The number of nitrogens with one attached hydrogen (secondary N) is 1. The number of benzene rings is 1. The summed E-state index contributed by atoms with van der Waals surface area (Å²) in [5, 5.41) is 3.54. The van der Waals surface area contributed by atoms with Crippen LogP contribution in [-0.2, 0) is 6.42 Å². The van der Waals surface area contributed by atoms with Crippen molar-refractivity contribution in [2.24, 2.45) is 0 Å². The molecule has 20 heavy (non-hydrogen) atoms. The lowest BCUT2D eigenvalue weighted by Crippen LogP contribution is -2.35. The van der Waals surface area contributed by atoms with Crippen molar-refractivity contribution in [1.29, 1.82) is 0 Å². The largest absolute Gasteiger partial charge is 0.493 e. The molecule has 108 valence electrons. The minimum absolute atomic E-state index is 0.615. The van der Waals surface area contributed by atoms with Gasteiger partial charge in [0.2, 0.25) is 0 Å². The summed E-state index contributed by atoms with van der Waals surface area (Å²) in [7, 11) is 0. The van der Waals surface area contributed by atoms with Crippen molar-refractivity contribution in [1.82, 2.24) is 10.3 Å². The van der Waals surface area contributed by atoms with Gasteiger partial charge >= 0.3 is 0 Å². The van der Waals surface area contributed by atoms with E-state index in [4.69, 9.17) is 9.15 Å². The molecule has 4 heteroatoms. The van der Waals surface area contributed by atoms with Crippen LogP contribution in [0.15, 0.2) is 22.6 Å².